The van der Waals surface area contributed by atoms with Gasteiger partial charge in [-0.3, -0.25) is 0 Å². The Hall–Kier alpha value is 0.680. The molecule has 0 bridgehead atoms. The largest absolute Gasteiger partial charge is 0.234 e. The normalized spacial score (nSPS) is 31.2. The molecule has 0 aromatic heterocycles. The van der Waals surface area contributed by atoms with Crippen molar-refractivity contribution >= 4 is 51.4 Å². The van der Waals surface area contributed by atoms with Crippen molar-refractivity contribution in [3.8, 4) is 0 Å². The predicted molar refractivity (Wildman–Crippen MR) is 59.5 cm³/mol. The van der Waals surface area contributed by atoms with E-state index in [1.807, 2.05) is 23.3 Å². The summed E-state index contributed by atoms with van der Waals surface area (Å²) in [7, 11) is -3.49. The van der Waals surface area contributed by atoms with Crippen LogP contribution in [-0.2, 0) is 10.0 Å². The van der Waals surface area contributed by atoms with E-state index in [1.54, 1.807) is 19.1 Å². The number of halogens is 1. The van der Waals surface area contributed by atoms with Gasteiger partial charge in [0.05, 0.1) is 0 Å². The van der Waals surface area contributed by atoms with E-state index >= 15 is 0 Å². The Morgan fingerprint density at radius 1 is 1.43 bits per heavy atom. The summed E-state index contributed by atoms with van der Waals surface area (Å²) in [5.41, 5.74) is 0. The molecule has 1 rings (SSSR count). The first-order valence-corrected chi connectivity index (χ1v) is 5.78. The molecular formula is C8H12ClNNaO2S. The van der Waals surface area contributed by atoms with Gasteiger partial charge < -0.3 is 0 Å². The van der Waals surface area contributed by atoms with E-state index in [-0.39, 0.29) is 35.5 Å². The van der Waals surface area contributed by atoms with Gasteiger partial charge in [-0.25, -0.2) is 8.42 Å². The molecule has 0 amide bonds. The molecule has 0 heterocycles. The first kappa shape index (κ1) is 14.7. The van der Waals surface area contributed by atoms with Crippen LogP contribution in [0.4, 0.5) is 0 Å². The van der Waals surface area contributed by atoms with Crippen molar-refractivity contribution in [2.24, 2.45) is 5.92 Å². The molecule has 0 spiro atoms. The molecule has 0 aromatic carbocycles. The summed E-state index contributed by atoms with van der Waals surface area (Å²) in [5, 5.41) is 0. The Morgan fingerprint density at radius 2 is 2.00 bits per heavy atom. The minimum absolute atomic E-state index is 0. The molecule has 14 heavy (non-hydrogen) atoms. The molecule has 0 fully saturated rings. The van der Waals surface area contributed by atoms with Gasteiger partial charge >= 0.3 is 0 Å². The van der Waals surface area contributed by atoms with Gasteiger partial charge in [-0.1, -0.05) is 31.2 Å². The Kier molecular flexibility index (Phi) is 5.39. The molecular weight excluding hydrogens is 233 g/mol. The average Bonchev–Trinajstić information content (AvgIpc) is 2.10. The van der Waals surface area contributed by atoms with Crippen molar-refractivity contribution in [1.29, 1.82) is 0 Å². The molecule has 2 atom stereocenters. The minimum atomic E-state index is -3.49. The molecule has 0 aliphatic heterocycles. The molecule has 1 aliphatic carbocycles. The van der Waals surface area contributed by atoms with Gasteiger partial charge in [0.2, 0.25) is 10.0 Å². The molecule has 1 N–H and O–H groups in total. The van der Waals surface area contributed by atoms with Crippen molar-refractivity contribution < 1.29 is 8.42 Å². The van der Waals surface area contributed by atoms with Crippen molar-refractivity contribution in [2.45, 2.75) is 18.6 Å². The number of sulfonamides is 1. The van der Waals surface area contributed by atoms with Gasteiger partial charge in [0.25, 0.3) is 0 Å². The summed E-state index contributed by atoms with van der Waals surface area (Å²) in [6, 6.07) is 0. The molecule has 0 saturated heterocycles. The van der Waals surface area contributed by atoms with E-state index in [4.69, 9.17) is 11.8 Å². The van der Waals surface area contributed by atoms with Crippen molar-refractivity contribution in [2.75, 3.05) is 0 Å². The second-order valence-electron chi connectivity index (χ2n) is 3.30. The maximum atomic E-state index is 11.6. The standard InChI is InChI=1S/C8H12ClNO2S.Na/c1-7-5-3-4-6-8(7,2)13(11,12)10-9;/h3-7,10H,1-2H3;. The van der Waals surface area contributed by atoms with Crippen molar-refractivity contribution in [3.63, 3.8) is 0 Å². The fourth-order valence-electron chi connectivity index (χ4n) is 1.24. The molecule has 3 nitrogen and oxygen atoms in total. The molecule has 0 saturated carbocycles. The van der Waals surface area contributed by atoms with E-state index in [0.717, 1.165) is 0 Å². The Bertz CT molecular complexity index is 352. The summed E-state index contributed by atoms with van der Waals surface area (Å²) in [5.74, 6) is -0.0891. The Morgan fingerprint density at radius 3 is 2.43 bits per heavy atom. The zero-order valence-corrected chi connectivity index (χ0v) is 12.1. The third kappa shape index (κ3) is 2.43. The number of rotatable bonds is 2. The Balaban J connectivity index is 0.00000169. The van der Waals surface area contributed by atoms with Gasteiger partial charge in [-0.2, -0.15) is 0 Å². The summed E-state index contributed by atoms with van der Waals surface area (Å²) in [4.78, 5) is 0. The van der Waals surface area contributed by atoms with Crippen LogP contribution in [0.1, 0.15) is 13.8 Å². The smallest absolute Gasteiger partial charge is 0.210 e. The average molecular weight is 245 g/mol. The number of hydrogen-bond donors (Lipinski definition) is 1. The fraction of sp³-hybridized carbons (Fsp3) is 0.500. The van der Waals surface area contributed by atoms with Crippen molar-refractivity contribution in [3.05, 3.63) is 24.3 Å². The van der Waals surface area contributed by atoms with E-state index < -0.39 is 14.8 Å². The van der Waals surface area contributed by atoms with Crippen LogP contribution >= 0.6 is 11.8 Å². The second kappa shape index (κ2) is 5.14. The number of hydrogen-bond acceptors (Lipinski definition) is 2. The van der Waals surface area contributed by atoms with E-state index in [2.05, 4.69) is 0 Å². The van der Waals surface area contributed by atoms with Crippen LogP contribution in [0.3, 0.4) is 0 Å². The SMILES string of the molecule is CC1C=CC=CC1(C)S(=O)(=O)NCl.[Na]. The van der Waals surface area contributed by atoms with E-state index in [0.29, 0.717) is 0 Å². The van der Waals surface area contributed by atoms with E-state index in [9.17, 15) is 8.42 Å². The molecule has 1 radical (unpaired) electrons. The summed E-state index contributed by atoms with van der Waals surface area (Å²) < 4.78 is 24.0. The maximum absolute atomic E-state index is 11.6. The Labute approximate surface area is 112 Å². The summed E-state index contributed by atoms with van der Waals surface area (Å²) in [6.07, 6.45) is 7.02. The van der Waals surface area contributed by atoms with Crippen LogP contribution in [0, 0.1) is 5.92 Å². The number of allylic oxidation sites excluding steroid dienone is 3. The topological polar surface area (TPSA) is 46.2 Å². The van der Waals surface area contributed by atoms with Crippen LogP contribution in [-0.4, -0.2) is 42.7 Å². The quantitative estimate of drug-likeness (QED) is 0.586. The zero-order valence-electron chi connectivity index (χ0n) is 8.49. The first-order valence-electron chi connectivity index (χ1n) is 3.92. The number of nitrogens with one attached hydrogen (secondary N) is 1. The van der Waals surface area contributed by atoms with E-state index in [1.165, 1.54) is 0 Å². The second-order valence-corrected chi connectivity index (χ2v) is 5.80. The zero-order chi connectivity index (χ0) is 10.1. The molecule has 1 aliphatic rings. The third-order valence-electron chi connectivity index (χ3n) is 2.52. The van der Waals surface area contributed by atoms with Gasteiger partial charge in [0.1, 0.15) is 4.75 Å². The molecule has 75 valence electrons. The maximum Gasteiger partial charge on any atom is 0.234 e. The van der Waals surface area contributed by atoms with Crippen LogP contribution in [0.2, 0.25) is 0 Å². The molecule has 6 heteroatoms. The molecule has 2 unspecified atom stereocenters. The minimum Gasteiger partial charge on any atom is -0.210 e. The fourth-order valence-corrected chi connectivity index (χ4v) is 2.73. The van der Waals surface area contributed by atoms with Crippen LogP contribution < -0.4 is 4.24 Å². The predicted octanol–water partition coefficient (Wildman–Crippen LogP) is 1.20. The third-order valence-corrected chi connectivity index (χ3v) is 5.00. The van der Waals surface area contributed by atoms with Gasteiger partial charge in [0, 0.05) is 29.6 Å². The van der Waals surface area contributed by atoms with Gasteiger partial charge in [-0.05, 0) is 24.6 Å². The van der Waals surface area contributed by atoms with Gasteiger partial charge in [-0.15, -0.1) is 4.24 Å². The van der Waals surface area contributed by atoms with Crippen LogP contribution in [0.5, 0.6) is 0 Å². The first-order chi connectivity index (χ1) is 5.94. The monoisotopic (exact) mass is 244 g/mol. The summed E-state index contributed by atoms with van der Waals surface area (Å²) >= 11 is 5.19. The van der Waals surface area contributed by atoms with Crippen molar-refractivity contribution in [1.82, 2.24) is 4.24 Å². The van der Waals surface area contributed by atoms with Crippen LogP contribution in [0.15, 0.2) is 24.3 Å². The summed E-state index contributed by atoms with van der Waals surface area (Å²) in [6.45, 7) is 3.48. The van der Waals surface area contributed by atoms with Crippen LogP contribution in [0.25, 0.3) is 0 Å². The molecule has 0 aromatic rings. The van der Waals surface area contributed by atoms with Gasteiger partial charge in [0.15, 0.2) is 0 Å².